The molecule has 0 fully saturated rings. The summed E-state index contributed by atoms with van der Waals surface area (Å²) in [5.74, 6) is 0. The number of hydrogen-bond donors (Lipinski definition) is 0. The molecule has 31 heavy (non-hydrogen) atoms. The zero-order valence-corrected chi connectivity index (χ0v) is 19.2. The van der Waals surface area contributed by atoms with Gasteiger partial charge in [-0.05, 0) is 51.3 Å². The number of fused-ring (bicyclic) bond motifs is 3. The highest BCUT2D eigenvalue weighted by atomic mass is 14.5. The van der Waals surface area contributed by atoms with Gasteiger partial charge in [-0.25, -0.2) is 0 Å². The van der Waals surface area contributed by atoms with Gasteiger partial charge in [0.05, 0.1) is 5.41 Å². The highest BCUT2D eigenvalue weighted by Crippen LogP contribution is 2.55. The van der Waals surface area contributed by atoms with Crippen molar-refractivity contribution in [1.29, 1.82) is 0 Å². The van der Waals surface area contributed by atoms with E-state index in [4.69, 9.17) is 0 Å². The third kappa shape index (κ3) is 2.99. The van der Waals surface area contributed by atoms with Gasteiger partial charge in [-0.1, -0.05) is 123 Å². The van der Waals surface area contributed by atoms with Crippen LogP contribution < -0.4 is 5.46 Å². The fraction of sp³-hybridized carbons (Fsp3) is 0.200. The lowest BCUT2D eigenvalue weighted by atomic mass is 9.66. The van der Waals surface area contributed by atoms with Crippen LogP contribution in [0.1, 0.15) is 54.2 Å². The molecule has 4 aromatic rings. The van der Waals surface area contributed by atoms with Crippen molar-refractivity contribution in [1.82, 2.24) is 0 Å². The summed E-state index contributed by atoms with van der Waals surface area (Å²) < 4.78 is 0. The monoisotopic (exact) mass is 400 g/mol. The molecule has 152 valence electrons. The Morgan fingerprint density at radius 2 is 1.23 bits per heavy atom. The lowest BCUT2D eigenvalue weighted by Crippen LogP contribution is -2.29. The van der Waals surface area contributed by atoms with Gasteiger partial charge in [0, 0.05) is 0 Å². The number of aryl methyl sites for hydroxylation is 1. The molecule has 1 atom stereocenters. The maximum absolute atomic E-state index is 2.40. The summed E-state index contributed by atoms with van der Waals surface area (Å²) in [6.07, 6.45) is 0. The van der Waals surface area contributed by atoms with Gasteiger partial charge >= 0.3 is 0 Å². The molecule has 0 saturated heterocycles. The molecule has 1 unspecified atom stereocenters. The van der Waals surface area contributed by atoms with Crippen molar-refractivity contribution in [3.8, 4) is 11.1 Å². The quantitative estimate of drug-likeness (QED) is 0.323. The van der Waals surface area contributed by atoms with Crippen LogP contribution in [0.5, 0.6) is 0 Å². The second kappa shape index (κ2) is 6.99. The summed E-state index contributed by atoms with van der Waals surface area (Å²) in [5.41, 5.74) is 11.9. The molecule has 1 heteroatoms. The fourth-order valence-corrected chi connectivity index (χ4v) is 5.21. The highest BCUT2D eigenvalue weighted by Gasteiger charge is 2.45. The summed E-state index contributed by atoms with van der Waals surface area (Å²) in [6, 6.07) is 34.4. The average Bonchev–Trinajstić information content (AvgIpc) is 3.04. The van der Waals surface area contributed by atoms with E-state index >= 15 is 0 Å². The van der Waals surface area contributed by atoms with E-state index in [9.17, 15) is 0 Å². The minimum absolute atomic E-state index is 0.137. The molecule has 1 aliphatic carbocycles. The van der Waals surface area contributed by atoms with Crippen molar-refractivity contribution >= 4 is 13.3 Å². The molecule has 4 aromatic carbocycles. The predicted octanol–water partition coefficient (Wildman–Crippen LogP) is 5.91. The standard InChI is InChI=1S/C30H29B/c1-20-9-11-22(12-10-20)30(23-15-13-21(14-16-23)29(2,3)4)27-8-6-5-7-25(27)26-18-17-24(31)19-28(26)30/h5-19H,31H2,1-4H3. The van der Waals surface area contributed by atoms with Crippen LogP contribution >= 0.6 is 0 Å². The van der Waals surface area contributed by atoms with Crippen molar-refractivity contribution in [2.24, 2.45) is 0 Å². The lowest BCUT2D eigenvalue weighted by molar-refractivity contribution is 0.589. The van der Waals surface area contributed by atoms with E-state index < -0.39 is 0 Å². The summed E-state index contributed by atoms with van der Waals surface area (Å²) in [4.78, 5) is 0. The second-order valence-electron chi connectivity index (χ2n) is 10.0. The summed E-state index contributed by atoms with van der Waals surface area (Å²) in [5, 5.41) is 0. The van der Waals surface area contributed by atoms with Crippen molar-refractivity contribution in [3.63, 3.8) is 0 Å². The molecule has 0 saturated carbocycles. The van der Waals surface area contributed by atoms with E-state index in [1.54, 1.807) is 0 Å². The Kier molecular flexibility index (Phi) is 4.48. The second-order valence-corrected chi connectivity index (χ2v) is 10.0. The minimum atomic E-state index is -0.304. The Morgan fingerprint density at radius 1 is 0.645 bits per heavy atom. The van der Waals surface area contributed by atoms with Gasteiger partial charge in [0.1, 0.15) is 7.85 Å². The molecular formula is C30H29B. The molecule has 0 spiro atoms. The van der Waals surface area contributed by atoms with Crippen molar-refractivity contribution in [2.75, 3.05) is 0 Å². The zero-order chi connectivity index (χ0) is 21.8. The smallest absolute Gasteiger partial charge is 0.0886 e. The first kappa shape index (κ1) is 19.9. The Balaban J connectivity index is 1.89. The average molecular weight is 400 g/mol. The molecule has 0 bridgehead atoms. The van der Waals surface area contributed by atoms with E-state index in [1.165, 1.54) is 50.0 Å². The Labute approximate surface area is 187 Å². The first-order chi connectivity index (χ1) is 14.8. The van der Waals surface area contributed by atoms with Crippen LogP contribution in [0.15, 0.2) is 91.0 Å². The van der Waals surface area contributed by atoms with Gasteiger partial charge in [-0.2, -0.15) is 0 Å². The molecule has 0 amide bonds. The van der Waals surface area contributed by atoms with E-state index in [-0.39, 0.29) is 10.8 Å². The maximum Gasteiger partial charge on any atom is 0.139 e. The third-order valence-electron chi connectivity index (χ3n) is 6.87. The first-order valence-electron chi connectivity index (χ1n) is 11.2. The third-order valence-corrected chi connectivity index (χ3v) is 6.87. The van der Waals surface area contributed by atoms with Crippen LogP contribution in [0.4, 0.5) is 0 Å². The van der Waals surface area contributed by atoms with Crippen molar-refractivity contribution in [2.45, 2.75) is 38.5 Å². The fourth-order valence-electron chi connectivity index (χ4n) is 5.21. The summed E-state index contributed by atoms with van der Waals surface area (Å²) >= 11 is 0. The molecule has 0 heterocycles. The molecule has 0 aromatic heterocycles. The summed E-state index contributed by atoms with van der Waals surface area (Å²) in [7, 11) is 2.20. The molecule has 0 N–H and O–H groups in total. The zero-order valence-electron chi connectivity index (χ0n) is 19.2. The van der Waals surface area contributed by atoms with Gasteiger partial charge in [0.2, 0.25) is 0 Å². The van der Waals surface area contributed by atoms with Crippen LogP contribution in [0, 0.1) is 6.92 Å². The lowest BCUT2D eigenvalue weighted by Gasteiger charge is -2.34. The van der Waals surface area contributed by atoms with Crippen LogP contribution in [-0.2, 0) is 10.8 Å². The summed E-state index contributed by atoms with van der Waals surface area (Å²) in [6.45, 7) is 9.00. The van der Waals surface area contributed by atoms with Gasteiger partial charge < -0.3 is 0 Å². The molecule has 0 radical (unpaired) electrons. The van der Waals surface area contributed by atoms with Gasteiger partial charge in [0.25, 0.3) is 0 Å². The SMILES string of the molecule is Bc1ccc2c(c1)C(c1ccc(C)cc1)(c1ccc(C(C)(C)C)cc1)c1ccccc1-2. The predicted molar refractivity (Wildman–Crippen MR) is 135 cm³/mol. The van der Waals surface area contributed by atoms with E-state index in [2.05, 4.69) is 127 Å². The normalized spacial score (nSPS) is 17.3. The molecule has 1 aliphatic rings. The number of benzene rings is 4. The van der Waals surface area contributed by atoms with Crippen molar-refractivity contribution < 1.29 is 0 Å². The van der Waals surface area contributed by atoms with Crippen LogP contribution in [0.25, 0.3) is 11.1 Å². The van der Waals surface area contributed by atoms with E-state index in [0.717, 1.165) is 0 Å². The molecule has 5 rings (SSSR count). The molecular weight excluding hydrogens is 371 g/mol. The largest absolute Gasteiger partial charge is 0.139 e. The Bertz CT molecular complexity index is 1260. The van der Waals surface area contributed by atoms with Crippen molar-refractivity contribution in [3.05, 3.63) is 124 Å². The van der Waals surface area contributed by atoms with E-state index in [1.807, 2.05) is 0 Å². The topological polar surface area (TPSA) is 0 Å². The minimum Gasteiger partial charge on any atom is -0.0886 e. The van der Waals surface area contributed by atoms with Gasteiger partial charge in [-0.3, -0.25) is 0 Å². The van der Waals surface area contributed by atoms with Gasteiger partial charge in [0.15, 0.2) is 0 Å². The number of rotatable bonds is 2. The van der Waals surface area contributed by atoms with Gasteiger partial charge in [-0.15, -0.1) is 0 Å². The molecule has 0 nitrogen and oxygen atoms in total. The van der Waals surface area contributed by atoms with Crippen LogP contribution in [0.2, 0.25) is 0 Å². The van der Waals surface area contributed by atoms with E-state index in [0.29, 0.717) is 0 Å². The van der Waals surface area contributed by atoms with Crippen LogP contribution in [-0.4, -0.2) is 7.85 Å². The Hall–Kier alpha value is -3.06. The molecule has 0 aliphatic heterocycles. The number of hydrogen-bond acceptors (Lipinski definition) is 0. The Morgan fingerprint density at radius 3 is 1.87 bits per heavy atom. The highest BCUT2D eigenvalue weighted by molar-refractivity contribution is 6.32. The maximum atomic E-state index is 2.40. The first-order valence-corrected chi connectivity index (χ1v) is 11.2. The van der Waals surface area contributed by atoms with Crippen LogP contribution in [0.3, 0.4) is 0 Å².